The topological polar surface area (TPSA) is 41.5 Å². The van der Waals surface area contributed by atoms with Crippen LogP contribution in [-0.4, -0.2) is 30.4 Å². The van der Waals surface area contributed by atoms with Crippen molar-refractivity contribution in [3.05, 3.63) is 28.2 Å². The lowest BCUT2D eigenvalue weighted by Gasteiger charge is -2.17. The predicted molar refractivity (Wildman–Crippen MR) is 80.3 cm³/mol. The molecule has 19 heavy (non-hydrogen) atoms. The second-order valence-corrected chi connectivity index (χ2v) is 5.43. The summed E-state index contributed by atoms with van der Waals surface area (Å²) in [4.78, 5) is 0. The molecule has 2 N–H and O–H groups in total. The summed E-state index contributed by atoms with van der Waals surface area (Å²) >= 11 is 12.0. The molecule has 5 heteroatoms. The quantitative estimate of drug-likeness (QED) is 0.772. The third-order valence-corrected chi connectivity index (χ3v) is 3.36. The van der Waals surface area contributed by atoms with E-state index in [0.29, 0.717) is 28.4 Å². The van der Waals surface area contributed by atoms with Gasteiger partial charge >= 0.3 is 0 Å². The molecule has 1 aromatic carbocycles. The van der Waals surface area contributed by atoms with Crippen LogP contribution in [0, 0.1) is 0 Å². The number of ether oxygens (including phenoxy) is 1. The van der Waals surface area contributed by atoms with Crippen molar-refractivity contribution in [1.82, 2.24) is 5.32 Å². The highest BCUT2D eigenvalue weighted by Crippen LogP contribution is 2.32. The summed E-state index contributed by atoms with van der Waals surface area (Å²) in [5, 5.41) is 14.0. The van der Waals surface area contributed by atoms with Gasteiger partial charge in [0.2, 0.25) is 0 Å². The van der Waals surface area contributed by atoms with E-state index in [9.17, 15) is 5.11 Å². The van der Waals surface area contributed by atoms with Gasteiger partial charge in [0.15, 0.2) is 5.75 Å². The van der Waals surface area contributed by atoms with Crippen LogP contribution in [0.3, 0.4) is 0 Å². The summed E-state index contributed by atoms with van der Waals surface area (Å²) in [5.74, 6) is 0.423. The molecule has 0 saturated carbocycles. The van der Waals surface area contributed by atoms with E-state index >= 15 is 0 Å². The molecule has 0 spiro atoms. The van der Waals surface area contributed by atoms with Gasteiger partial charge in [-0.1, -0.05) is 42.6 Å². The highest BCUT2D eigenvalue weighted by molar-refractivity contribution is 6.37. The first-order valence-electron chi connectivity index (χ1n) is 6.52. The van der Waals surface area contributed by atoms with Gasteiger partial charge in [0.25, 0.3) is 0 Å². The van der Waals surface area contributed by atoms with Crippen molar-refractivity contribution in [1.29, 1.82) is 0 Å². The van der Waals surface area contributed by atoms with Crippen LogP contribution < -0.4 is 10.1 Å². The zero-order valence-corrected chi connectivity index (χ0v) is 12.8. The van der Waals surface area contributed by atoms with Gasteiger partial charge in [0.1, 0.15) is 12.7 Å². The number of aliphatic hydroxyl groups excluding tert-OH is 1. The fraction of sp³-hybridized carbons (Fsp3) is 0.571. The molecule has 2 atom stereocenters. The number of aliphatic hydroxyl groups is 1. The van der Waals surface area contributed by atoms with E-state index in [1.54, 1.807) is 18.2 Å². The van der Waals surface area contributed by atoms with Crippen LogP contribution in [0.5, 0.6) is 5.75 Å². The summed E-state index contributed by atoms with van der Waals surface area (Å²) in [6.07, 6.45) is 1.62. The number of para-hydroxylation sites is 1. The smallest absolute Gasteiger partial charge is 0.156 e. The van der Waals surface area contributed by atoms with Gasteiger partial charge in [-0.3, -0.25) is 0 Å². The Labute approximate surface area is 124 Å². The second-order valence-electron chi connectivity index (χ2n) is 4.61. The van der Waals surface area contributed by atoms with Gasteiger partial charge < -0.3 is 15.2 Å². The Hall–Kier alpha value is -0.480. The molecule has 1 rings (SSSR count). The molecule has 0 radical (unpaired) electrons. The van der Waals surface area contributed by atoms with E-state index in [0.717, 1.165) is 12.8 Å². The molecule has 0 aliphatic heterocycles. The lowest BCUT2D eigenvalue weighted by atomic mass is 10.2. The fourth-order valence-corrected chi connectivity index (χ4v) is 2.24. The third kappa shape index (κ3) is 6.00. The van der Waals surface area contributed by atoms with Gasteiger partial charge in [-0.05, 0) is 25.5 Å². The van der Waals surface area contributed by atoms with Gasteiger partial charge in [0.05, 0.1) is 10.0 Å². The Bertz CT molecular complexity index is 367. The van der Waals surface area contributed by atoms with Crippen molar-refractivity contribution in [3.63, 3.8) is 0 Å². The van der Waals surface area contributed by atoms with Gasteiger partial charge in [-0.15, -0.1) is 0 Å². The lowest BCUT2D eigenvalue weighted by Crippen LogP contribution is -2.36. The molecule has 0 aliphatic rings. The van der Waals surface area contributed by atoms with Crippen molar-refractivity contribution in [3.8, 4) is 5.75 Å². The molecule has 2 unspecified atom stereocenters. The first-order valence-corrected chi connectivity index (χ1v) is 7.28. The fourth-order valence-electron chi connectivity index (χ4n) is 1.73. The summed E-state index contributed by atoms with van der Waals surface area (Å²) in [6.45, 7) is 4.89. The van der Waals surface area contributed by atoms with Crippen molar-refractivity contribution in [2.24, 2.45) is 0 Å². The summed E-state index contributed by atoms with van der Waals surface area (Å²) < 4.78 is 5.47. The van der Waals surface area contributed by atoms with E-state index in [1.807, 2.05) is 0 Å². The number of halogens is 2. The van der Waals surface area contributed by atoms with E-state index in [1.165, 1.54) is 0 Å². The first-order chi connectivity index (χ1) is 9.04. The average molecular weight is 306 g/mol. The standard InChI is InChI=1S/C14H21Cl2NO2/c1-3-5-10(2)17-8-11(18)9-19-14-12(15)6-4-7-13(14)16/h4,6-7,10-11,17-18H,3,5,8-9H2,1-2H3. The Morgan fingerprint density at radius 3 is 2.53 bits per heavy atom. The highest BCUT2D eigenvalue weighted by atomic mass is 35.5. The normalized spacial score (nSPS) is 14.2. The maximum Gasteiger partial charge on any atom is 0.156 e. The Morgan fingerprint density at radius 2 is 1.95 bits per heavy atom. The molecule has 0 aliphatic carbocycles. The summed E-state index contributed by atoms with van der Waals surface area (Å²) in [6, 6.07) is 5.55. The Kier molecular flexibility index (Phi) is 7.54. The summed E-state index contributed by atoms with van der Waals surface area (Å²) in [7, 11) is 0. The van der Waals surface area contributed by atoms with Crippen LogP contribution in [0.2, 0.25) is 10.0 Å². The maximum absolute atomic E-state index is 9.84. The minimum Gasteiger partial charge on any atom is -0.488 e. The Balaban J connectivity index is 2.36. The lowest BCUT2D eigenvalue weighted by molar-refractivity contribution is 0.104. The van der Waals surface area contributed by atoms with Crippen LogP contribution in [0.25, 0.3) is 0 Å². The van der Waals surface area contributed by atoms with E-state index in [4.69, 9.17) is 27.9 Å². The monoisotopic (exact) mass is 305 g/mol. The number of hydrogen-bond acceptors (Lipinski definition) is 3. The van der Waals surface area contributed by atoms with Gasteiger partial charge in [0, 0.05) is 12.6 Å². The SMILES string of the molecule is CCCC(C)NCC(O)COc1c(Cl)cccc1Cl. The maximum atomic E-state index is 9.84. The van der Waals surface area contributed by atoms with Crippen LogP contribution in [0.15, 0.2) is 18.2 Å². The predicted octanol–water partition coefficient (Wildman–Crippen LogP) is 3.51. The molecule has 0 aromatic heterocycles. The molecule has 3 nitrogen and oxygen atoms in total. The molecular weight excluding hydrogens is 285 g/mol. The molecule has 108 valence electrons. The molecule has 0 bridgehead atoms. The van der Waals surface area contributed by atoms with Crippen molar-refractivity contribution >= 4 is 23.2 Å². The molecule has 0 fully saturated rings. The van der Waals surface area contributed by atoms with Gasteiger partial charge in [-0.25, -0.2) is 0 Å². The van der Waals surface area contributed by atoms with Gasteiger partial charge in [-0.2, -0.15) is 0 Å². The van der Waals surface area contributed by atoms with Crippen molar-refractivity contribution < 1.29 is 9.84 Å². The summed E-state index contributed by atoms with van der Waals surface area (Å²) in [5.41, 5.74) is 0. The molecule has 1 aromatic rings. The highest BCUT2D eigenvalue weighted by Gasteiger charge is 2.11. The van der Waals surface area contributed by atoms with Crippen molar-refractivity contribution in [2.45, 2.75) is 38.8 Å². The minimum absolute atomic E-state index is 0.162. The minimum atomic E-state index is -0.591. The average Bonchev–Trinajstić information content (AvgIpc) is 2.36. The molecule has 0 saturated heterocycles. The van der Waals surface area contributed by atoms with Crippen LogP contribution in [0.4, 0.5) is 0 Å². The number of benzene rings is 1. The largest absolute Gasteiger partial charge is 0.488 e. The number of nitrogens with one attached hydrogen (secondary N) is 1. The first kappa shape index (κ1) is 16.6. The zero-order chi connectivity index (χ0) is 14.3. The van der Waals surface area contributed by atoms with Crippen LogP contribution in [-0.2, 0) is 0 Å². The van der Waals surface area contributed by atoms with E-state index in [2.05, 4.69) is 19.2 Å². The third-order valence-electron chi connectivity index (χ3n) is 2.76. The Morgan fingerprint density at radius 1 is 1.32 bits per heavy atom. The molecule has 0 amide bonds. The molecular formula is C14H21Cl2NO2. The number of rotatable bonds is 8. The van der Waals surface area contributed by atoms with E-state index in [-0.39, 0.29) is 6.61 Å². The molecule has 0 heterocycles. The van der Waals surface area contributed by atoms with Crippen LogP contribution in [0.1, 0.15) is 26.7 Å². The second kappa shape index (κ2) is 8.64. The van der Waals surface area contributed by atoms with E-state index < -0.39 is 6.10 Å². The van der Waals surface area contributed by atoms with Crippen molar-refractivity contribution in [2.75, 3.05) is 13.2 Å². The number of hydrogen-bond donors (Lipinski definition) is 2. The zero-order valence-electron chi connectivity index (χ0n) is 11.3. The van der Waals surface area contributed by atoms with Crippen LogP contribution >= 0.6 is 23.2 Å².